The Morgan fingerprint density at radius 2 is 1.96 bits per heavy atom. The van der Waals surface area contributed by atoms with Gasteiger partial charge in [-0.3, -0.25) is 4.79 Å². The molecule has 6 nitrogen and oxygen atoms in total. The van der Waals surface area contributed by atoms with Crippen molar-refractivity contribution >= 4 is 15.9 Å². The number of piperidine rings is 2. The van der Waals surface area contributed by atoms with Gasteiger partial charge in [-0.15, -0.1) is 0 Å². The van der Waals surface area contributed by atoms with Crippen molar-refractivity contribution in [2.75, 3.05) is 19.6 Å². The maximum absolute atomic E-state index is 13.0. The Hall–Kier alpha value is -1.44. The number of amides is 1. The first-order chi connectivity index (χ1) is 12.4. The maximum Gasteiger partial charge on any atom is 0.251 e. The van der Waals surface area contributed by atoms with Gasteiger partial charge in [0, 0.05) is 30.7 Å². The molecular weight excluding hydrogens is 350 g/mol. The summed E-state index contributed by atoms with van der Waals surface area (Å²) in [5.74, 6) is -0.195. The first-order valence-corrected chi connectivity index (χ1v) is 11.0. The molecule has 2 heterocycles. The van der Waals surface area contributed by atoms with Crippen molar-refractivity contribution in [1.82, 2.24) is 14.9 Å². The average molecular weight is 380 g/mol. The lowest BCUT2D eigenvalue weighted by Crippen LogP contribution is -2.46. The second-order valence-electron chi connectivity index (χ2n) is 7.49. The number of hydrogen-bond acceptors (Lipinski definition) is 4. The molecule has 2 atom stereocenters. The van der Waals surface area contributed by atoms with Crippen molar-refractivity contribution in [3.63, 3.8) is 0 Å². The van der Waals surface area contributed by atoms with Gasteiger partial charge in [-0.1, -0.05) is 12.5 Å². The van der Waals surface area contributed by atoms with Gasteiger partial charge in [0.1, 0.15) is 0 Å². The van der Waals surface area contributed by atoms with Crippen LogP contribution in [0.5, 0.6) is 0 Å². The van der Waals surface area contributed by atoms with E-state index in [1.807, 2.05) is 0 Å². The lowest BCUT2D eigenvalue weighted by atomic mass is 10.00. The second-order valence-corrected chi connectivity index (χ2v) is 9.40. The summed E-state index contributed by atoms with van der Waals surface area (Å²) < 4.78 is 27.6. The topological polar surface area (TPSA) is 78.5 Å². The van der Waals surface area contributed by atoms with E-state index in [2.05, 4.69) is 17.6 Å². The first-order valence-electron chi connectivity index (χ1n) is 9.53. The molecule has 2 aliphatic heterocycles. The quantitative estimate of drug-likeness (QED) is 0.839. The molecule has 2 saturated heterocycles. The van der Waals surface area contributed by atoms with Gasteiger partial charge in [-0.25, -0.2) is 8.42 Å². The minimum atomic E-state index is -3.55. The number of carbonyl (C=O) groups is 1. The summed E-state index contributed by atoms with van der Waals surface area (Å²) in [6.45, 7) is 5.89. The predicted octanol–water partition coefficient (Wildman–Crippen LogP) is 2.04. The van der Waals surface area contributed by atoms with Crippen molar-refractivity contribution in [3.8, 4) is 0 Å². The summed E-state index contributed by atoms with van der Waals surface area (Å²) in [4.78, 5) is 12.9. The third-order valence-corrected chi connectivity index (χ3v) is 7.38. The molecule has 26 heavy (non-hydrogen) atoms. The fourth-order valence-electron chi connectivity index (χ4n) is 3.80. The van der Waals surface area contributed by atoms with Crippen molar-refractivity contribution in [3.05, 3.63) is 29.3 Å². The summed E-state index contributed by atoms with van der Waals surface area (Å²) in [5.41, 5.74) is 1.10. The molecule has 0 bridgehead atoms. The highest BCUT2D eigenvalue weighted by molar-refractivity contribution is 7.89. The Morgan fingerprint density at radius 3 is 2.65 bits per heavy atom. The van der Waals surface area contributed by atoms with Crippen molar-refractivity contribution in [1.29, 1.82) is 0 Å². The van der Waals surface area contributed by atoms with Crippen LogP contribution in [-0.4, -0.2) is 50.3 Å². The Balaban J connectivity index is 1.79. The van der Waals surface area contributed by atoms with Gasteiger partial charge in [0.2, 0.25) is 10.0 Å². The van der Waals surface area contributed by atoms with Crippen LogP contribution in [0.4, 0.5) is 0 Å². The van der Waals surface area contributed by atoms with Crippen LogP contribution in [0.3, 0.4) is 0 Å². The van der Waals surface area contributed by atoms with Gasteiger partial charge in [-0.05, 0) is 63.8 Å². The molecule has 0 spiro atoms. The molecule has 1 aromatic rings. The van der Waals surface area contributed by atoms with E-state index >= 15 is 0 Å². The van der Waals surface area contributed by atoms with Gasteiger partial charge in [0.25, 0.3) is 5.91 Å². The van der Waals surface area contributed by atoms with E-state index in [0.29, 0.717) is 30.3 Å². The van der Waals surface area contributed by atoms with Crippen molar-refractivity contribution < 1.29 is 13.2 Å². The van der Waals surface area contributed by atoms with Crippen LogP contribution in [0.2, 0.25) is 0 Å². The highest BCUT2D eigenvalue weighted by Crippen LogP contribution is 2.24. The number of carbonyl (C=O) groups excluding carboxylic acids is 1. The highest BCUT2D eigenvalue weighted by Gasteiger charge is 2.28. The Morgan fingerprint density at radius 1 is 1.23 bits per heavy atom. The smallest absolute Gasteiger partial charge is 0.251 e. The van der Waals surface area contributed by atoms with E-state index in [9.17, 15) is 13.2 Å². The molecule has 2 N–H and O–H groups in total. The molecule has 3 rings (SSSR count). The number of nitrogens with zero attached hydrogens (tertiary/aromatic N) is 1. The van der Waals surface area contributed by atoms with Crippen LogP contribution in [0, 0.1) is 6.92 Å². The van der Waals surface area contributed by atoms with Crippen LogP contribution in [0.25, 0.3) is 0 Å². The van der Waals surface area contributed by atoms with E-state index in [1.54, 1.807) is 29.4 Å². The number of nitrogens with one attached hydrogen (secondary N) is 2. The summed E-state index contributed by atoms with van der Waals surface area (Å²) >= 11 is 0. The standard InChI is InChI=1S/C19H29N3O3S/c1-14-6-7-16(19(23)21-17-8-9-20-15(2)12-17)13-18(14)26(24,25)22-10-4-3-5-11-22/h6-7,13,15,17,20H,3-5,8-12H2,1-2H3,(H,21,23). The lowest BCUT2D eigenvalue weighted by Gasteiger charge is -2.29. The van der Waals surface area contributed by atoms with Crippen molar-refractivity contribution in [2.24, 2.45) is 0 Å². The third kappa shape index (κ3) is 4.27. The summed E-state index contributed by atoms with van der Waals surface area (Å²) in [7, 11) is -3.55. The number of sulfonamides is 1. The molecule has 2 unspecified atom stereocenters. The molecule has 0 aliphatic carbocycles. The second kappa shape index (κ2) is 8.06. The van der Waals surface area contributed by atoms with Gasteiger partial charge < -0.3 is 10.6 Å². The fraction of sp³-hybridized carbons (Fsp3) is 0.632. The van der Waals surface area contributed by atoms with Gasteiger partial charge in [0.15, 0.2) is 0 Å². The summed E-state index contributed by atoms with van der Waals surface area (Å²) in [5, 5.41) is 6.42. The Kier molecular flexibility index (Phi) is 5.99. The fourth-order valence-corrected chi connectivity index (χ4v) is 5.56. The Labute approximate surface area is 156 Å². The molecule has 0 radical (unpaired) electrons. The van der Waals surface area contributed by atoms with E-state index in [-0.39, 0.29) is 16.8 Å². The predicted molar refractivity (Wildman–Crippen MR) is 102 cm³/mol. The van der Waals surface area contributed by atoms with Gasteiger partial charge in [0.05, 0.1) is 4.90 Å². The maximum atomic E-state index is 13.0. The summed E-state index contributed by atoms with van der Waals surface area (Å²) in [6.07, 6.45) is 4.64. The van der Waals surface area contributed by atoms with Gasteiger partial charge in [-0.2, -0.15) is 4.31 Å². The van der Waals surface area contributed by atoms with Crippen LogP contribution in [0.15, 0.2) is 23.1 Å². The van der Waals surface area contributed by atoms with Gasteiger partial charge >= 0.3 is 0 Å². The van der Waals surface area contributed by atoms with E-state index < -0.39 is 10.0 Å². The molecule has 2 fully saturated rings. The molecule has 0 aromatic heterocycles. The molecule has 1 aromatic carbocycles. The van der Waals surface area contributed by atoms with Crippen LogP contribution >= 0.6 is 0 Å². The molecular formula is C19H29N3O3S. The third-order valence-electron chi connectivity index (χ3n) is 5.34. The van der Waals surface area contributed by atoms with Crippen LogP contribution in [-0.2, 0) is 10.0 Å². The number of aryl methyl sites for hydroxylation is 1. The average Bonchev–Trinajstić information content (AvgIpc) is 2.62. The SMILES string of the molecule is Cc1ccc(C(=O)NC2CCNC(C)C2)cc1S(=O)(=O)N1CCCCC1. The lowest BCUT2D eigenvalue weighted by molar-refractivity contribution is 0.0925. The number of hydrogen-bond donors (Lipinski definition) is 2. The molecule has 144 valence electrons. The first kappa shape index (κ1) is 19.3. The number of benzene rings is 1. The molecule has 2 aliphatic rings. The number of rotatable bonds is 4. The highest BCUT2D eigenvalue weighted by atomic mass is 32.2. The minimum absolute atomic E-state index is 0.127. The molecule has 7 heteroatoms. The van der Waals surface area contributed by atoms with Crippen molar-refractivity contribution in [2.45, 2.75) is 62.9 Å². The normalized spacial score (nSPS) is 25.0. The van der Waals surface area contributed by atoms with Crippen LogP contribution in [0.1, 0.15) is 54.9 Å². The Bertz CT molecular complexity index is 757. The van der Waals surface area contributed by atoms with E-state index in [1.165, 1.54) is 0 Å². The van der Waals surface area contributed by atoms with E-state index in [0.717, 1.165) is 38.6 Å². The van der Waals surface area contributed by atoms with Crippen LogP contribution < -0.4 is 10.6 Å². The molecule has 1 amide bonds. The minimum Gasteiger partial charge on any atom is -0.349 e. The molecule has 0 saturated carbocycles. The zero-order chi connectivity index (χ0) is 18.7. The summed E-state index contributed by atoms with van der Waals surface area (Å²) in [6, 6.07) is 5.49. The zero-order valence-corrected chi connectivity index (χ0v) is 16.4. The monoisotopic (exact) mass is 379 g/mol. The largest absolute Gasteiger partial charge is 0.349 e. The van der Waals surface area contributed by atoms with E-state index in [4.69, 9.17) is 0 Å². The zero-order valence-electron chi connectivity index (χ0n) is 15.6.